The van der Waals surface area contributed by atoms with E-state index in [9.17, 15) is 13.2 Å². The number of aryl methyl sites for hydroxylation is 1. The Balaban J connectivity index is 2.26. The summed E-state index contributed by atoms with van der Waals surface area (Å²) >= 11 is 0. The highest BCUT2D eigenvalue weighted by atomic mass is 32.2. The van der Waals surface area contributed by atoms with Gasteiger partial charge >= 0.3 is 0 Å². The fraction of sp³-hybridized carbons (Fsp3) is 0.583. The molecule has 3 N–H and O–H groups in total. The summed E-state index contributed by atoms with van der Waals surface area (Å²) in [6, 6.07) is 1.32. The molecule has 1 fully saturated rings. The lowest BCUT2D eigenvalue weighted by atomic mass is 10.2. The molecule has 1 aromatic heterocycles. The number of nitrogens with two attached hydrogens (primary N) is 1. The first kappa shape index (κ1) is 15.0. The van der Waals surface area contributed by atoms with Crippen molar-refractivity contribution in [1.82, 2.24) is 10.2 Å². The number of rotatable bonds is 4. The Kier molecular flexibility index (Phi) is 4.17. The molecule has 0 bridgehead atoms. The molecule has 112 valence electrons. The van der Waals surface area contributed by atoms with Crippen LogP contribution in [0.2, 0.25) is 0 Å². The molecular formula is C12H19N3O4S. The van der Waals surface area contributed by atoms with Crippen LogP contribution in [-0.2, 0) is 10.0 Å². The predicted octanol–water partition coefficient (Wildman–Crippen LogP) is 0.0594. The molecule has 0 saturated carbocycles. The van der Waals surface area contributed by atoms with Crippen molar-refractivity contribution in [3.63, 3.8) is 0 Å². The van der Waals surface area contributed by atoms with E-state index < -0.39 is 10.0 Å². The minimum absolute atomic E-state index is 0.0227. The second-order valence-electron chi connectivity index (χ2n) is 4.93. The lowest BCUT2D eigenvalue weighted by Gasteiger charge is -2.23. The van der Waals surface area contributed by atoms with Gasteiger partial charge in [0.25, 0.3) is 5.91 Å². The molecule has 1 aliphatic heterocycles. The van der Waals surface area contributed by atoms with Gasteiger partial charge in [0.1, 0.15) is 10.7 Å². The fourth-order valence-corrected chi connectivity index (χ4v) is 3.26. The van der Waals surface area contributed by atoms with Crippen LogP contribution in [0.5, 0.6) is 0 Å². The Bertz CT molecular complexity index is 608. The minimum Gasteiger partial charge on any atom is -0.455 e. The number of likely N-dealkylation sites (tertiary alicyclic amines) is 1. The summed E-state index contributed by atoms with van der Waals surface area (Å²) in [6.45, 7) is 2.83. The minimum atomic E-state index is -3.87. The maximum atomic E-state index is 12.4. The number of carbonyl (C=O) groups excluding carboxylic acids is 1. The van der Waals surface area contributed by atoms with Crippen molar-refractivity contribution in [3.05, 3.63) is 17.6 Å². The third-order valence-electron chi connectivity index (χ3n) is 3.47. The van der Waals surface area contributed by atoms with Gasteiger partial charge in [-0.1, -0.05) is 0 Å². The van der Waals surface area contributed by atoms with Crippen LogP contribution >= 0.6 is 0 Å². The zero-order valence-electron chi connectivity index (χ0n) is 11.5. The molecule has 0 aliphatic carbocycles. The number of nitrogens with zero attached hydrogens (tertiary/aromatic N) is 1. The molecule has 20 heavy (non-hydrogen) atoms. The molecule has 2 heterocycles. The van der Waals surface area contributed by atoms with Crippen LogP contribution < -0.4 is 10.5 Å². The van der Waals surface area contributed by atoms with Gasteiger partial charge in [-0.05, 0) is 26.8 Å². The number of hydrogen-bond acceptors (Lipinski definition) is 5. The van der Waals surface area contributed by atoms with Crippen LogP contribution in [0.25, 0.3) is 0 Å². The van der Waals surface area contributed by atoms with E-state index in [0.29, 0.717) is 13.1 Å². The third-order valence-corrected chi connectivity index (χ3v) is 4.49. The SMILES string of the molecule is CNCC1CCCN1C(=O)c1cc(S(N)(=O)=O)c(C)o1. The van der Waals surface area contributed by atoms with E-state index in [4.69, 9.17) is 9.56 Å². The van der Waals surface area contributed by atoms with Crippen LogP contribution in [0, 0.1) is 6.92 Å². The zero-order valence-corrected chi connectivity index (χ0v) is 12.4. The van der Waals surface area contributed by atoms with Crippen molar-refractivity contribution >= 4 is 15.9 Å². The predicted molar refractivity (Wildman–Crippen MR) is 72.8 cm³/mol. The molecule has 1 saturated heterocycles. The number of primary sulfonamides is 1. The van der Waals surface area contributed by atoms with Crippen LogP contribution in [0.1, 0.15) is 29.2 Å². The highest BCUT2D eigenvalue weighted by molar-refractivity contribution is 7.89. The molecule has 1 amide bonds. The van der Waals surface area contributed by atoms with Crippen molar-refractivity contribution < 1.29 is 17.6 Å². The fourth-order valence-electron chi connectivity index (χ4n) is 2.55. The van der Waals surface area contributed by atoms with Gasteiger partial charge in [0, 0.05) is 25.2 Å². The Hall–Kier alpha value is -1.38. The topological polar surface area (TPSA) is 106 Å². The van der Waals surface area contributed by atoms with Crippen molar-refractivity contribution in [1.29, 1.82) is 0 Å². The average molecular weight is 301 g/mol. The lowest BCUT2D eigenvalue weighted by molar-refractivity contribution is 0.0703. The molecule has 0 aromatic carbocycles. The van der Waals surface area contributed by atoms with Gasteiger partial charge in [0.2, 0.25) is 10.0 Å². The van der Waals surface area contributed by atoms with Gasteiger partial charge in [-0.25, -0.2) is 13.6 Å². The molecule has 1 aliphatic rings. The summed E-state index contributed by atoms with van der Waals surface area (Å²) in [5.41, 5.74) is 0. The standard InChI is InChI=1S/C12H19N3O4S/c1-8-11(20(13,17)18)6-10(19-8)12(16)15-5-3-4-9(15)7-14-2/h6,9,14H,3-5,7H2,1-2H3,(H2,13,17,18). The molecule has 0 radical (unpaired) electrons. The molecule has 2 rings (SSSR count). The number of amides is 1. The number of hydrogen-bond donors (Lipinski definition) is 2. The Morgan fingerprint density at radius 2 is 2.30 bits per heavy atom. The highest BCUT2D eigenvalue weighted by Crippen LogP contribution is 2.24. The van der Waals surface area contributed by atoms with E-state index in [1.54, 1.807) is 4.90 Å². The van der Waals surface area contributed by atoms with Gasteiger partial charge in [-0.15, -0.1) is 0 Å². The zero-order chi connectivity index (χ0) is 14.9. The van der Waals surface area contributed by atoms with Gasteiger partial charge in [-0.2, -0.15) is 0 Å². The van der Waals surface area contributed by atoms with Crippen LogP contribution in [0.3, 0.4) is 0 Å². The summed E-state index contributed by atoms with van der Waals surface area (Å²) in [5, 5.41) is 8.12. The van der Waals surface area contributed by atoms with Gasteiger partial charge in [0.05, 0.1) is 0 Å². The Morgan fingerprint density at radius 3 is 2.85 bits per heavy atom. The number of nitrogens with one attached hydrogen (secondary N) is 1. The van der Waals surface area contributed by atoms with Crippen molar-refractivity contribution in [2.75, 3.05) is 20.1 Å². The summed E-state index contributed by atoms with van der Waals surface area (Å²) in [7, 11) is -2.04. The van der Waals surface area contributed by atoms with E-state index in [1.165, 1.54) is 13.0 Å². The maximum absolute atomic E-state index is 12.4. The van der Waals surface area contributed by atoms with E-state index in [2.05, 4.69) is 5.32 Å². The van der Waals surface area contributed by atoms with Crippen molar-refractivity contribution in [2.45, 2.75) is 30.7 Å². The van der Waals surface area contributed by atoms with Crippen LogP contribution in [0.15, 0.2) is 15.4 Å². The largest absolute Gasteiger partial charge is 0.455 e. The molecule has 8 heteroatoms. The summed E-state index contributed by atoms with van der Waals surface area (Å²) in [5.74, 6) is -0.129. The maximum Gasteiger partial charge on any atom is 0.289 e. The second kappa shape index (κ2) is 5.55. The van der Waals surface area contributed by atoms with Crippen molar-refractivity contribution in [3.8, 4) is 0 Å². The molecule has 1 atom stereocenters. The monoisotopic (exact) mass is 301 g/mol. The molecule has 1 aromatic rings. The van der Waals surface area contributed by atoms with Crippen LogP contribution in [-0.4, -0.2) is 45.4 Å². The Labute approximate surface area is 118 Å². The quantitative estimate of drug-likeness (QED) is 0.818. The summed E-state index contributed by atoms with van der Waals surface area (Å²) in [4.78, 5) is 14.0. The van der Waals surface area contributed by atoms with Crippen molar-refractivity contribution in [2.24, 2.45) is 5.14 Å². The Morgan fingerprint density at radius 1 is 1.60 bits per heavy atom. The van der Waals surface area contributed by atoms with Gasteiger partial charge in [0.15, 0.2) is 5.76 Å². The molecule has 1 unspecified atom stereocenters. The number of furan rings is 1. The first-order valence-electron chi connectivity index (χ1n) is 6.43. The highest BCUT2D eigenvalue weighted by Gasteiger charge is 2.31. The lowest BCUT2D eigenvalue weighted by Crippen LogP contribution is -2.40. The van der Waals surface area contributed by atoms with Gasteiger partial charge in [-0.3, -0.25) is 4.79 Å². The first-order valence-corrected chi connectivity index (χ1v) is 7.98. The smallest absolute Gasteiger partial charge is 0.289 e. The van der Waals surface area contributed by atoms with E-state index >= 15 is 0 Å². The van der Waals surface area contributed by atoms with Crippen LogP contribution in [0.4, 0.5) is 0 Å². The normalized spacial score (nSPS) is 19.6. The van der Waals surface area contributed by atoms with E-state index in [0.717, 1.165) is 12.8 Å². The first-order chi connectivity index (χ1) is 9.34. The summed E-state index contributed by atoms with van der Waals surface area (Å²) in [6.07, 6.45) is 1.86. The third kappa shape index (κ3) is 2.87. The van der Waals surface area contributed by atoms with Gasteiger partial charge < -0.3 is 14.6 Å². The second-order valence-corrected chi connectivity index (χ2v) is 6.46. The molecular weight excluding hydrogens is 282 g/mol. The summed E-state index contributed by atoms with van der Waals surface area (Å²) < 4.78 is 28.0. The number of likely N-dealkylation sites (N-methyl/N-ethyl adjacent to an activating group) is 1. The molecule has 0 spiro atoms. The number of sulfonamides is 1. The van der Waals surface area contributed by atoms with E-state index in [1.807, 2.05) is 7.05 Å². The average Bonchev–Trinajstić information content (AvgIpc) is 2.94. The number of carbonyl (C=O) groups is 1. The molecule has 7 nitrogen and oxygen atoms in total. The van der Waals surface area contributed by atoms with E-state index in [-0.39, 0.29) is 28.4 Å².